The van der Waals surface area contributed by atoms with E-state index < -0.39 is 0 Å². The van der Waals surface area contributed by atoms with Gasteiger partial charge in [-0.05, 0) is 60.0 Å². The molecule has 0 aliphatic carbocycles. The summed E-state index contributed by atoms with van der Waals surface area (Å²) in [5.74, 6) is 0.550. The Labute approximate surface area is 172 Å². The van der Waals surface area contributed by atoms with Crippen molar-refractivity contribution < 1.29 is 9.53 Å². The van der Waals surface area contributed by atoms with Gasteiger partial charge in [-0.15, -0.1) is 0 Å². The number of hydrogen-bond donors (Lipinski definition) is 1. The molecule has 0 bridgehead atoms. The molecule has 0 aliphatic heterocycles. The van der Waals surface area contributed by atoms with Gasteiger partial charge in [0.1, 0.15) is 5.75 Å². The van der Waals surface area contributed by atoms with Gasteiger partial charge in [-0.1, -0.05) is 62.6 Å². The second-order valence-corrected chi connectivity index (χ2v) is 7.13. The number of fused-ring (bicyclic) bond motifs is 1. The SMILES string of the molecule is CCCCCCOc1ccc(C(=O)NN=C(C)c2ccc3ccccc3c2)cc1. The number of rotatable bonds is 9. The summed E-state index contributed by atoms with van der Waals surface area (Å²) in [4.78, 5) is 12.4. The number of nitrogens with zero attached hydrogens (tertiary/aromatic N) is 1. The van der Waals surface area contributed by atoms with E-state index in [1.54, 1.807) is 12.1 Å². The summed E-state index contributed by atoms with van der Waals surface area (Å²) in [6.07, 6.45) is 4.69. The van der Waals surface area contributed by atoms with E-state index in [0.29, 0.717) is 12.2 Å². The molecule has 4 heteroatoms. The first-order valence-corrected chi connectivity index (χ1v) is 10.2. The van der Waals surface area contributed by atoms with Crippen molar-refractivity contribution >= 4 is 22.4 Å². The predicted molar refractivity (Wildman–Crippen MR) is 120 cm³/mol. The predicted octanol–water partition coefficient (Wildman–Crippen LogP) is 5.95. The lowest BCUT2D eigenvalue weighted by molar-refractivity contribution is 0.0955. The first-order valence-electron chi connectivity index (χ1n) is 10.2. The van der Waals surface area contributed by atoms with Crippen LogP contribution in [0.25, 0.3) is 10.8 Å². The third-order valence-corrected chi connectivity index (χ3v) is 4.88. The molecular weight excluding hydrogens is 360 g/mol. The van der Waals surface area contributed by atoms with Crippen molar-refractivity contribution in [3.63, 3.8) is 0 Å². The molecular formula is C25H28N2O2. The minimum Gasteiger partial charge on any atom is -0.494 e. The van der Waals surface area contributed by atoms with Crippen LogP contribution in [0, 0.1) is 0 Å². The lowest BCUT2D eigenvalue weighted by Gasteiger charge is -2.07. The number of nitrogens with one attached hydrogen (secondary N) is 1. The van der Waals surface area contributed by atoms with Crippen LogP contribution in [0.4, 0.5) is 0 Å². The van der Waals surface area contributed by atoms with Crippen LogP contribution in [0.15, 0.2) is 71.8 Å². The maximum atomic E-state index is 12.4. The van der Waals surface area contributed by atoms with Crippen LogP contribution in [0.5, 0.6) is 5.75 Å². The van der Waals surface area contributed by atoms with E-state index in [-0.39, 0.29) is 5.91 Å². The molecule has 3 aromatic rings. The molecule has 3 aromatic carbocycles. The summed E-state index contributed by atoms with van der Waals surface area (Å²) < 4.78 is 5.72. The number of benzene rings is 3. The number of ether oxygens (including phenoxy) is 1. The van der Waals surface area contributed by atoms with Crippen molar-refractivity contribution in [3.8, 4) is 5.75 Å². The topological polar surface area (TPSA) is 50.7 Å². The Morgan fingerprint density at radius 3 is 2.38 bits per heavy atom. The molecule has 0 aliphatic rings. The Hall–Kier alpha value is -3.14. The summed E-state index contributed by atoms with van der Waals surface area (Å²) in [5, 5.41) is 6.59. The largest absolute Gasteiger partial charge is 0.494 e. The smallest absolute Gasteiger partial charge is 0.271 e. The van der Waals surface area contributed by atoms with Crippen LogP contribution >= 0.6 is 0 Å². The summed E-state index contributed by atoms with van der Waals surface area (Å²) in [5.41, 5.74) is 4.94. The monoisotopic (exact) mass is 388 g/mol. The molecule has 3 rings (SSSR count). The van der Waals surface area contributed by atoms with E-state index in [1.807, 2.05) is 37.3 Å². The zero-order valence-electron chi connectivity index (χ0n) is 17.2. The number of hydrogen-bond acceptors (Lipinski definition) is 3. The second kappa shape index (κ2) is 10.4. The van der Waals surface area contributed by atoms with Gasteiger partial charge in [-0.25, -0.2) is 5.43 Å². The number of carbonyl (C=O) groups excluding carboxylic acids is 1. The Balaban J connectivity index is 1.56. The van der Waals surface area contributed by atoms with Gasteiger partial charge in [0.25, 0.3) is 5.91 Å². The second-order valence-electron chi connectivity index (χ2n) is 7.13. The lowest BCUT2D eigenvalue weighted by Crippen LogP contribution is -2.19. The van der Waals surface area contributed by atoms with Crippen molar-refractivity contribution in [2.24, 2.45) is 5.10 Å². The number of carbonyl (C=O) groups is 1. The molecule has 0 heterocycles. The minimum atomic E-state index is -0.236. The zero-order valence-corrected chi connectivity index (χ0v) is 17.2. The van der Waals surface area contributed by atoms with Crippen molar-refractivity contribution in [3.05, 3.63) is 77.9 Å². The molecule has 0 fully saturated rings. The lowest BCUT2D eigenvalue weighted by atomic mass is 10.0. The van der Waals surface area contributed by atoms with Gasteiger partial charge in [-0.2, -0.15) is 5.10 Å². The van der Waals surface area contributed by atoms with Crippen molar-refractivity contribution in [1.29, 1.82) is 0 Å². The van der Waals surface area contributed by atoms with Gasteiger partial charge in [-0.3, -0.25) is 4.79 Å². The fraction of sp³-hybridized carbons (Fsp3) is 0.280. The van der Waals surface area contributed by atoms with Crippen LogP contribution in [-0.2, 0) is 0 Å². The van der Waals surface area contributed by atoms with E-state index in [4.69, 9.17) is 4.74 Å². The average Bonchev–Trinajstić information content (AvgIpc) is 2.77. The van der Waals surface area contributed by atoms with Gasteiger partial charge in [0.2, 0.25) is 0 Å². The fourth-order valence-corrected chi connectivity index (χ4v) is 3.10. The van der Waals surface area contributed by atoms with Crippen LogP contribution in [0.2, 0.25) is 0 Å². The molecule has 0 saturated carbocycles. The van der Waals surface area contributed by atoms with Crippen LogP contribution in [-0.4, -0.2) is 18.2 Å². The summed E-state index contributed by atoms with van der Waals surface area (Å²) in [6, 6.07) is 21.5. The molecule has 0 atom stereocenters. The Kier molecular flexibility index (Phi) is 7.40. The summed E-state index contributed by atoms with van der Waals surface area (Å²) in [7, 11) is 0. The maximum absolute atomic E-state index is 12.4. The van der Waals surface area contributed by atoms with Crippen molar-refractivity contribution in [1.82, 2.24) is 5.43 Å². The molecule has 29 heavy (non-hydrogen) atoms. The highest BCUT2D eigenvalue weighted by atomic mass is 16.5. The van der Waals surface area contributed by atoms with Crippen LogP contribution < -0.4 is 10.2 Å². The molecule has 0 spiro atoms. The first kappa shape index (κ1) is 20.6. The normalized spacial score (nSPS) is 11.4. The molecule has 1 N–H and O–H groups in total. The molecule has 4 nitrogen and oxygen atoms in total. The molecule has 0 saturated heterocycles. The first-order chi connectivity index (χ1) is 14.2. The highest BCUT2D eigenvalue weighted by molar-refractivity contribution is 6.03. The number of amides is 1. The van der Waals surface area contributed by atoms with Gasteiger partial charge in [0, 0.05) is 5.56 Å². The van der Waals surface area contributed by atoms with Crippen LogP contribution in [0.3, 0.4) is 0 Å². The highest BCUT2D eigenvalue weighted by Crippen LogP contribution is 2.16. The van der Waals surface area contributed by atoms with E-state index in [1.165, 1.54) is 24.6 Å². The quantitative estimate of drug-likeness (QED) is 0.280. The average molecular weight is 389 g/mol. The van der Waals surface area contributed by atoms with Gasteiger partial charge >= 0.3 is 0 Å². The third-order valence-electron chi connectivity index (χ3n) is 4.88. The number of unbranched alkanes of at least 4 members (excludes halogenated alkanes) is 3. The molecule has 1 amide bonds. The van der Waals surface area contributed by atoms with Crippen molar-refractivity contribution in [2.75, 3.05) is 6.61 Å². The van der Waals surface area contributed by atoms with E-state index >= 15 is 0 Å². The van der Waals surface area contributed by atoms with Crippen molar-refractivity contribution in [2.45, 2.75) is 39.5 Å². The van der Waals surface area contributed by atoms with Gasteiger partial charge < -0.3 is 4.74 Å². The van der Waals surface area contributed by atoms with E-state index in [9.17, 15) is 4.79 Å². The highest BCUT2D eigenvalue weighted by Gasteiger charge is 2.06. The van der Waals surface area contributed by atoms with Gasteiger partial charge in [0.05, 0.1) is 12.3 Å². The Morgan fingerprint density at radius 1 is 0.897 bits per heavy atom. The minimum absolute atomic E-state index is 0.236. The standard InChI is InChI=1S/C25H28N2O2/c1-3-4-5-8-17-29-24-15-13-21(14-16-24)25(28)27-26-19(2)22-12-11-20-9-6-7-10-23(20)18-22/h6-7,9-16,18H,3-5,8,17H2,1-2H3,(H,27,28). The summed E-state index contributed by atoms with van der Waals surface area (Å²) >= 11 is 0. The number of hydrazone groups is 1. The third kappa shape index (κ3) is 5.92. The Bertz CT molecular complexity index is 978. The molecule has 0 radical (unpaired) electrons. The van der Waals surface area contributed by atoms with Crippen LogP contribution in [0.1, 0.15) is 55.5 Å². The van der Waals surface area contributed by atoms with E-state index in [0.717, 1.165) is 28.8 Å². The fourth-order valence-electron chi connectivity index (χ4n) is 3.10. The zero-order chi connectivity index (χ0) is 20.5. The molecule has 0 aromatic heterocycles. The maximum Gasteiger partial charge on any atom is 0.271 e. The molecule has 150 valence electrons. The Morgan fingerprint density at radius 2 is 1.62 bits per heavy atom. The van der Waals surface area contributed by atoms with Gasteiger partial charge in [0.15, 0.2) is 0 Å². The van der Waals surface area contributed by atoms with E-state index in [2.05, 4.69) is 41.7 Å². The summed E-state index contributed by atoms with van der Waals surface area (Å²) in [6.45, 7) is 4.79. The molecule has 0 unspecified atom stereocenters.